The van der Waals surface area contributed by atoms with E-state index >= 15 is 0 Å². The van der Waals surface area contributed by atoms with Gasteiger partial charge in [-0.15, -0.1) is 0 Å². The van der Waals surface area contributed by atoms with Gasteiger partial charge in [0, 0.05) is 12.8 Å². The van der Waals surface area contributed by atoms with E-state index in [9.17, 15) is 14.4 Å². The van der Waals surface area contributed by atoms with Crippen LogP contribution in [0.5, 0.6) is 0 Å². The Labute approximate surface area is 104 Å². The number of aliphatic carboxylic acids is 1. The first-order valence-electron chi connectivity index (χ1n) is 5.90. The number of carboxylic acid groups (broad SMARTS) is 1. The maximum atomic E-state index is 11.9. The molecule has 0 saturated heterocycles. The van der Waals surface area contributed by atoms with Crippen LogP contribution in [-0.4, -0.2) is 34.1 Å². The van der Waals surface area contributed by atoms with Gasteiger partial charge in [-0.25, -0.2) is 5.43 Å². The van der Waals surface area contributed by atoms with E-state index in [0.717, 1.165) is 6.42 Å². The molecule has 1 aliphatic heterocycles. The number of amides is 2. The molecule has 0 bridgehead atoms. The number of nitrogens with one attached hydrogen (secondary N) is 2. The summed E-state index contributed by atoms with van der Waals surface area (Å²) in [7, 11) is 0. The largest absolute Gasteiger partial charge is 0.481 e. The van der Waals surface area contributed by atoms with Crippen LogP contribution in [0.25, 0.3) is 0 Å². The van der Waals surface area contributed by atoms with Crippen LogP contribution in [0.4, 0.5) is 0 Å². The lowest BCUT2D eigenvalue weighted by Crippen LogP contribution is -2.56. The van der Waals surface area contributed by atoms with E-state index < -0.39 is 11.5 Å². The predicted molar refractivity (Wildman–Crippen MR) is 61.8 cm³/mol. The van der Waals surface area contributed by atoms with Crippen molar-refractivity contribution in [3.8, 4) is 0 Å². The Morgan fingerprint density at radius 1 is 1.39 bits per heavy atom. The summed E-state index contributed by atoms with van der Waals surface area (Å²) in [5.74, 6) is -1.51. The zero-order chi connectivity index (χ0) is 13.2. The molecule has 7 nitrogen and oxygen atoms in total. The highest BCUT2D eigenvalue weighted by Crippen LogP contribution is 2.34. The molecule has 1 saturated carbocycles. The molecule has 0 spiro atoms. The van der Waals surface area contributed by atoms with Gasteiger partial charge in [0.1, 0.15) is 5.71 Å². The molecule has 7 heteroatoms. The van der Waals surface area contributed by atoms with Gasteiger partial charge in [0.15, 0.2) is 0 Å². The van der Waals surface area contributed by atoms with Crippen molar-refractivity contribution in [2.75, 3.05) is 0 Å². The van der Waals surface area contributed by atoms with Gasteiger partial charge in [0.05, 0.1) is 12.0 Å². The third-order valence-corrected chi connectivity index (χ3v) is 3.35. The van der Waals surface area contributed by atoms with Crippen LogP contribution in [-0.2, 0) is 14.4 Å². The Kier molecular flexibility index (Phi) is 3.31. The van der Waals surface area contributed by atoms with Crippen LogP contribution in [0.1, 0.15) is 38.5 Å². The van der Waals surface area contributed by atoms with Crippen molar-refractivity contribution in [2.45, 2.75) is 44.1 Å². The van der Waals surface area contributed by atoms with Crippen molar-refractivity contribution >= 4 is 23.5 Å². The number of hydrogen-bond donors (Lipinski definition) is 3. The van der Waals surface area contributed by atoms with Crippen LogP contribution < -0.4 is 10.7 Å². The van der Waals surface area contributed by atoms with Crippen LogP contribution in [0, 0.1) is 0 Å². The molecule has 0 atom stereocenters. The third kappa shape index (κ3) is 2.66. The second-order valence-electron chi connectivity index (χ2n) is 4.75. The summed E-state index contributed by atoms with van der Waals surface area (Å²) in [6, 6.07) is 0. The molecule has 0 aromatic heterocycles. The smallest absolute Gasteiger partial charge is 0.305 e. The summed E-state index contributed by atoms with van der Waals surface area (Å²) in [5, 5.41) is 15.3. The Morgan fingerprint density at radius 3 is 2.56 bits per heavy atom. The highest BCUT2D eigenvalue weighted by molar-refractivity contribution is 6.39. The Bertz CT molecular complexity index is 426. The normalized spacial score (nSPS) is 21.3. The van der Waals surface area contributed by atoms with Gasteiger partial charge in [0.2, 0.25) is 5.91 Å². The minimum atomic E-state index is -0.922. The summed E-state index contributed by atoms with van der Waals surface area (Å²) in [4.78, 5) is 33.6. The van der Waals surface area contributed by atoms with Crippen LogP contribution in [0.3, 0.4) is 0 Å². The first-order valence-corrected chi connectivity index (χ1v) is 5.90. The van der Waals surface area contributed by atoms with Gasteiger partial charge >= 0.3 is 5.97 Å². The molecule has 0 aromatic rings. The molecule has 2 rings (SSSR count). The van der Waals surface area contributed by atoms with Gasteiger partial charge in [-0.2, -0.15) is 5.10 Å². The van der Waals surface area contributed by atoms with Gasteiger partial charge in [0.25, 0.3) is 5.91 Å². The van der Waals surface area contributed by atoms with Crippen molar-refractivity contribution in [3.63, 3.8) is 0 Å². The summed E-state index contributed by atoms with van der Waals surface area (Å²) < 4.78 is 0. The number of carboxylic acids is 1. The summed E-state index contributed by atoms with van der Waals surface area (Å²) >= 11 is 0. The second kappa shape index (κ2) is 4.75. The maximum absolute atomic E-state index is 11.9. The van der Waals surface area contributed by atoms with Crippen molar-refractivity contribution < 1.29 is 19.5 Å². The van der Waals surface area contributed by atoms with E-state index in [1.807, 2.05) is 0 Å². The third-order valence-electron chi connectivity index (χ3n) is 3.35. The first-order chi connectivity index (χ1) is 8.51. The number of hydrazone groups is 1. The molecule has 3 N–H and O–H groups in total. The van der Waals surface area contributed by atoms with E-state index in [1.165, 1.54) is 0 Å². The molecule has 1 aliphatic carbocycles. The number of nitrogens with zero attached hydrogens (tertiary/aromatic N) is 1. The average Bonchev–Trinajstić information content (AvgIpc) is 2.26. The van der Waals surface area contributed by atoms with Crippen molar-refractivity contribution in [2.24, 2.45) is 5.10 Å². The van der Waals surface area contributed by atoms with Crippen LogP contribution in [0.2, 0.25) is 0 Å². The van der Waals surface area contributed by atoms with Gasteiger partial charge < -0.3 is 10.4 Å². The minimum absolute atomic E-state index is 0.0711. The maximum Gasteiger partial charge on any atom is 0.305 e. The number of carbonyl (C=O) groups is 3. The minimum Gasteiger partial charge on any atom is -0.481 e. The Hall–Kier alpha value is -1.92. The SMILES string of the molecule is O=C(O)CC1(NC(=O)C2=NNC(=O)CC2)CCC1. The number of rotatable bonds is 4. The second-order valence-corrected chi connectivity index (χ2v) is 4.75. The summed E-state index contributed by atoms with van der Waals surface area (Å²) in [6.07, 6.45) is 2.71. The van der Waals surface area contributed by atoms with Gasteiger partial charge in [-0.1, -0.05) is 0 Å². The molecule has 18 heavy (non-hydrogen) atoms. The van der Waals surface area contributed by atoms with E-state index in [4.69, 9.17) is 5.11 Å². The van der Waals surface area contributed by atoms with Crippen LogP contribution in [0.15, 0.2) is 5.10 Å². The molecule has 0 radical (unpaired) electrons. The van der Waals surface area contributed by atoms with E-state index in [1.54, 1.807) is 0 Å². The number of carbonyl (C=O) groups excluding carboxylic acids is 2. The fourth-order valence-corrected chi connectivity index (χ4v) is 2.19. The molecular weight excluding hydrogens is 238 g/mol. The number of hydrogen-bond acceptors (Lipinski definition) is 4. The highest BCUT2D eigenvalue weighted by Gasteiger charge is 2.41. The van der Waals surface area contributed by atoms with E-state index in [2.05, 4.69) is 15.8 Å². The fourth-order valence-electron chi connectivity index (χ4n) is 2.19. The highest BCUT2D eigenvalue weighted by atomic mass is 16.4. The van der Waals surface area contributed by atoms with Gasteiger partial charge in [-0.3, -0.25) is 14.4 Å². The fraction of sp³-hybridized carbons (Fsp3) is 0.636. The van der Waals surface area contributed by atoms with E-state index in [0.29, 0.717) is 19.3 Å². The Morgan fingerprint density at radius 2 is 2.11 bits per heavy atom. The van der Waals surface area contributed by atoms with Crippen molar-refractivity contribution in [3.05, 3.63) is 0 Å². The lowest BCUT2D eigenvalue weighted by Gasteiger charge is -2.41. The quantitative estimate of drug-likeness (QED) is 0.642. The molecule has 98 valence electrons. The molecule has 0 unspecified atom stereocenters. The predicted octanol–water partition coefficient (Wildman–Crippen LogP) is -0.234. The monoisotopic (exact) mass is 253 g/mol. The first kappa shape index (κ1) is 12.5. The summed E-state index contributed by atoms with van der Waals surface area (Å²) in [5.41, 5.74) is 1.87. The molecule has 1 fully saturated rings. The zero-order valence-electron chi connectivity index (χ0n) is 9.86. The lowest BCUT2D eigenvalue weighted by atomic mass is 9.74. The molecule has 0 aromatic carbocycles. The van der Waals surface area contributed by atoms with Crippen LogP contribution >= 0.6 is 0 Å². The molecule has 1 heterocycles. The van der Waals surface area contributed by atoms with Crippen molar-refractivity contribution in [1.82, 2.24) is 10.7 Å². The van der Waals surface area contributed by atoms with Gasteiger partial charge in [-0.05, 0) is 19.3 Å². The Balaban J connectivity index is 1.98. The standard InChI is InChI=1S/C11H15N3O4/c15-8-3-2-7(13-14-8)10(18)12-11(4-1-5-11)6-9(16)17/h1-6H2,(H,12,18)(H,14,15)(H,16,17). The zero-order valence-corrected chi connectivity index (χ0v) is 9.86. The van der Waals surface area contributed by atoms with Crippen molar-refractivity contribution in [1.29, 1.82) is 0 Å². The summed E-state index contributed by atoms with van der Waals surface area (Å²) in [6.45, 7) is 0. The van der Waals surface area contributed by atoms with E-state index in [-0.39, 0.29) is 30.4 Å². The lowest BCUT2D eigenvalue weighted by molar-refractivity contribution is -0.140. The average molecular weight is 253 g/mol. The molecule has 2 amide bonds. The topological polar surface area (TPSA) is 108 Å². The molecular formula is C11H15N3O4. The molecule has 2 aliphatic rings.